The highest BCUT2D eigenvalue weighted by atomic mass is 16.5. The first-order chi connectivity index (χ1) is 12.5. The molecule has 0 radical (unpaired) electrons. The molecule has 6 nitrogen and oxygen atoms in total. The van der Waals surface area contributed by atoms with Crippen molar-refractivity contribution < 1.29 is 23.8 Å². The molecule has 1 atom stereocenters. The maximum Gasteiger partial charge on any atom is 0.338 e. The van der Waals surface area contributed by atoms with Crippen LogP contribution in [0.1, 0.15) is 29.8 Å². The van der Waals surface area contributed by atoms with Crippen LogP contribution in [-0.2, 0) is 9.53 Å². The normalized spacial score (nSPS) is 11.4. The average molecular weight is 357 g/mol. The molecule has 0 bridgehead atoms. The molecule has 0 aromatic heterocycles. The first-order valence-electron chi connectivity index (χ1n) is 8.34. The Bertz CT molecular complexity index is 788. The molecule has 1 amide bonds. The van der Waals surface area contributed by atoms with E-state index in [1.165, 1.54) is 0 Å². The smallest absolute Gasteiger partial charge is 0.338 e. The summed E-state index contributed by atoms with van der Waals surface area (Å²) < 4.78 is 15.8. The highest BCUT2D eigenvalue weighted by molar-refractivity contribution is 5.98. The topological polar surface area (TPSA) is 73.9 Å². The zero-order valence-corrected chi connectivity index (χ0v) is 15.4. The van der Waals surface area contributed by atoms with E-state index in [0.717, 1.165) is 0 Å². The van der Waals surface area contributed by atoms with Gasteiger partial charge in [-0.05, 0) is 50.6 Å². The number of benzene rings is 2. The standard InChI is InChI=1S/C20H23NO5/c1-5-25-20(23)17-10-7-11-18(13(17)2)21-19(22)14(3)26-16-9-6-8-15(12-16)24-4/h6-12,14H,5H2,1-4H3,(H,21,22)/t14-/m0/s1. The van der Waals surface area contributed by atoms with Crippen molar-refractivity contribution in [1.82, 2.24) is 0 Å². The monoisotopic (exact) mass is 357 g/mol. The number of methoxy groups -OCH3 is 1. The molecule has 26 heavy (non-hydrogen) atoms. The molecule has 0 fully saturated rings. The Hall–Kier alpha value is -3.02. The fraction of sp³-hybridized carbons (Fsp3) is 0.300. The van der Waals surface area contributed by atoms with E-state index in [4.69, 9.17) is 14.2 Å². The highest BCUT2D eigenvalue weighted by Gasteiger charge is 2.18. The van der Waals surface area contributed by atoms with Crippen LogP contribution in [0.5, 0.6) is 11.5 Å². The second-order valence-corrected chi connectivity index (χ2v) is 5.63. The molecule has 138 valence electrons. The summed E-state index contributed by atoms with van der Waals surface area (Å²) in [5, 5.41) is 2.79. The van der Waals surface area contributed by atoms with Crippen molar-refractivity contribution in [1.29, 1.82) is 0 Å². The number of amides is 1. The second kappa shape index (κ2) is 8.89. The maximum atomic E-state index is 12.4. The third kappa shape index (κ3) is 4.75. The highest BCUT2D eigenvalue weighted by Crippen LogP contribution is 2.22. The summed E-state index contributed by atoms with van der Waals surface area (Å²) in [5.41, 5.74) is 1.61. The first-order valence-corrected chi connectivity index (χ1v) is 8.34. The molecule has 2 aromatic rings. The summed E-state index contributed by atoms with van der Waals surface area (Å²) in [6, 6.07) is 12.1. The quantitative estimate of drug-likeness (QED) is 0.767. The van der Waals surface area contributed by atoms with Gasteiger partial charge in [-0.3, -0.25) is 4.79 Å². The van der Waals surface area contributed by atoms with Crippen molar-refractivity contribution in [3.8, 4) is 11.5 Å². The molecular formula is C20H23NO5. The summed E-state index contributed by atoms with van der Waals surface area (Å²) in [6.45, 7) is 5.45. The number of rotatable bonds is 7. The molecule has 0 unspecified atom stereocenters. The van der Waals surface area contributed by atoms with Gasteiger partial charge >= 0.3 is 5.97 Å². The molecule has 0 aliphatic carbocycles. The van der Waals surface area contributed by atoms with Gasteiger partial charge in [0.1, 0.15) is 11.5 Å². The van der Waals surface area contributed by atoms with Crippen LogP contribution in [0.3, 0.4) is 0 Å². The molecular weight excluding hydrogens is 334 g/mol. The van der Waals surface area contributed by atoms with Gasteiger partial charge in [0.2, 0.25) is 0 Å². The molecule has 0 heterocycles. The predicted octanol–water partition coefficient (Wildman–Crippen LogP) is 3.59. The summed E-state index contributed by atoms with van der Waals surface area (Å²) >= 11 is 0. The van der Waals surface area contributed by atoms with Crippen molar-refractivity contribution >= 4 is 17.6 Å². The van der Waals surface area contributed by atoms with Gasteiger partial charge < -0.3 is 19.5 Å². The van der Waals surface area contributed by atoms with E-state index in [1.54, 1.807) is 70.3 Å². The Kier molecular flexibility index (Phi) is 6.60. The molecule has 6 heteroatoms. The minimum Gasteiger partial charge on any atom is -0.497 e. The third-order valence-electron chi connectivity index (χ3n) is 3.81. The van der Waals surface area contributed by atoms with Crippen LogP contribution in [0.4, 0.5) is 5.69 Å². The van der Waals surface area contributed by atoms with E-state index in [1.807, 2.05) is 0 Å². The molecule has 0 aliphatic rings. The summed E-state index contributed by atoms with van der Waals surface area (Å²) in [6.07, 6.45) is -0.729. The second-order valence-electron chi connectivity index (χ2n) is 5.63. The first kappa shape index (κ1) is 19.3. The average Bonchev–Trinajstić information content (AvgIpc) is 2.63. The van der Waals surface area contributed by atoms with Crippen LogP contribution in [-0.4, -0.2) is 31.7 Å². The number of nitrogens with one attached hydrogen (secondary N) is 1. The molecule has 0 saturated heterocycles. The van der Waals surface area contributed by atoms with Gasteiger partial charge in [0.25, 0.3) is 5.91 Å². The van der Waals surface area contributed by atoms with Crippen LogP contribution in [0.15, 0.2) is 42.5 Å². The molecule has 0 spiro atoms. The van der Waals surface area contributed by atoms with Gasteiger partial charge in [0.05, 0.1) is 19.3 Å². The summed E-state index contributed by atoms with van der Waals surface area (Å²) in [4.78, 5) is 24.4. The van der Waals surface area contributed by atoms with Crippen molar-refractivity contribution in [3.63, 3.8) is 0 Å². The van der Waals surface area contributed by atoms with E-state index >= 15 is 0 Å². The van der Waals surface area contributed by atoms with Crippen molar-refractivity contribution in [3.05, 3.63) is 53.6 Å². The molecule has 0 aliphatic heterocycles. The number of esters is 1. The molecule has 2 aromatic carbocycles. The van der Waals surface area contributed by atoms with Crippen molar-refractivity contribution in [2.24, 2.45) is 0 Å². The SMILES string of the molecule is CCOC(=O)c1cccc(NC(=O)[C@H](C)Oc2cccc(OC)c2)c1C. The fourth-order valence-electron chi connectivity index (χ4n) is 2.37. The van der Waals surface area contributed by atoms with Crippen LogP contribution in [0, 0.1) is 6.92 Å². The Morgan fingerprint density at radius 2 is 1.81 bits per heavy atom. The lowest BCUT2D eigenvalue weighted by molar-refractivity contribution is -0.122. The Labute approximate surface area is 153 Å². The van der Waals surface area contributed by atoms with Gasteiger partial charge in [-0.25, -0.2) is 4.79 Å². The minimum atomic E-state index is -0.729. The summed E-state index contributed by atoms with van der Waals surface area (Å²) in [5.74, 6) is 0.441. The fourth-order valence-corrected chi connectivity index (χ4v) is 2.37. The predicted molar refractivity (Wildman–Crippen MR) is 98.8 cm³/mol. The van der Waals surface area contributed by atoms with Gasteiger partial charge in [0, 0.05) is 11.8 Å². The minimum absolute atomic E-state index is 0.292. The van der Waals surface area contributed by atoms with Crippen molar-refractivity contribution in [2.45, 2.75) is 26.9 Å². The number of carbonyl (C=O) groups excluding carboxylic acids is 2. The van der Waals surface area contributed by atoms with Crippen LogP contribution in [0.25, 0.3) is 0 Å². The Morgan fingerprint density at radius 1 is 1.12 bits per heavy atom. The third-order valence-corrected chi connectivity index (χ3v) is 3.81. The van der Waals surface area contributed by atoms with E-state index in [9.17, 15) is 9.59 Å². The maximum absolute atomic E-state index is 12.4. The van der Waals surface area contributed by atoms with Gasteiger partial charge in [0.15, 0.2) is 6.10 Å². The molecule has 2 rings (SSSR count). The number of ether oxygens (including phenoxy) is 3. The summed E-state index contributed by atoms with van der Waals surface area (Å²) in [7, 11) is 1.56. The van der Waals surface area contributed by atoms with Gasteiger partial charge in [-0.2, -0.15) is 0 Å². The van der Waals surface area contributed by atoms with Crippen LogP contribution < -0.4 is 14.8 Å². The number of carbonyl (C=O) groups is 2. The molecule has 0 saturated carbocycles. The lowest BCUT2D eigenvalue weighted by atomic mass is 10.1. The Balaban J connectivity index is 2.09. The molecule has 1 N–H and O–H groups in total. The van der Waals surface area contributed by atoms with E-state index < -0.39 is 12.1 Å². The van der Waals surface area contributed by atoms with E-state index in [0.29, 0.717) is 34.9 Å². The zero-order chi connectivity index (χ0) is 19.1. The van der Waals surface area contributed by atoms with Crippen LogP contribution in [0.2, 0.25) is 0 Å². The lowest BCUT2D eigenvalue weighted by Crippen LogP contribution is -2.30. The largest absolute Gasteiger partial charge is 0.497 e. The van der Waals surface area contributed by atoms with Crippen molar-refractivity contribution in [2.75, 3.05) is 19.0 Å². The number of hydrogen-bond acceptors (Lipinski definition) is 5. The van der Waals surface area contributed by atoms with Gasteiger partial charge in [-0.15, -0.1) is 0 Å². The zero-order valence-electron chi connectivity index (χ0n) is 15.4. The Morgan fingerprint density at radius 3 is 2.50 bits per heavy atom. The number of hydrogen-bond donors (Lipinski definition) is 1. The lowest BCUT2D eigenvalue weighted by Gasteiger charge is -2.17. The van der Waals surface area contributed by atoms with E-state index in [2.05, 4.69) is 5.32 Å². The number of anilines is 1. The van der Waals surface area contributed by atoms with E-state index in [-0.39, 0.29) is 5.91 Å². The van der Waals surface area contributed by atoms with Gasteiger partial charge in [-0.1, -0.05) is 12.1 Å². The van der Waals surface area contributed by atoms with Crippen LogP contribution >= 0.6 is 0 Å².